The number of rotatable bonds is 7. The number of nitrogens with two attached hydrogens (primary N) is 1. The van der Waals surface area contributed by atoms with Crippen LogP contribution in [0.1, 0.15) is 56.0 Å². The smallest absolute Gasteiger partial charge is 0.254 e. The van der Waals surface area contributed by atoms with E-state index in [1.165, 1.54) is 0 Å². The third-order valence-corrected chi connectivity index (χ3v) is 3.40. The van der Waals surface area contributed by atoms with E-state index < -0.39 is 0 Å². The highest BCUT2D eigenvalue weighted by Crippen LogP contribution is 2.12. The number of unbranched alkanes of at least 4 members (excludes halogenated alkanes) is 2. The topological polar surface area (TPSA) is 78.9 Å². The van der Waals surface area contributed by atoms with Gasteiger partial charge in [-0.3, -0.25) is 4.79 Å². The molecule has 0 aliphatic heterocycles. The fourth-order valence-electron chi connectivity index (χ4n) is 2.16. The maximum atomic E-state index is 12.6. The Morgan fingerprint density at radius 3 is 2.57 bits per heavy atom. The van der Waals surface area contributed by atoms with Crippen molar-refractivity contribution in [2.75, 3.05) is 6.54 Å². The zero-order valence-electron chi connectivity index (χ0n) is 13.0. The summed E-state index contributed by atoms with van der Waals surface area (Å²) in [4.78, 5) is 14.5. The molecule has 0 saturated heterocycles. The van der Waals surface area contributed by atoms with Crippen molar-refractivity contribution in [3.05, 3.63) is 35.4 Å². The molecule has 21 heavy (non-hydrogen) atoms. The summed E-state index contributed by atoms with van der Waals surface area (Å²) in [5.41, 5.74) is 6.67. The number of hydrogen-bond acceptors (Lipinski definition) is 3. The zero-order chi connectivity index (χ0) is 15.8. The van der Waals surface area contributed by atoms with Gasteiger partial charge in [-0.25, -0.2) is 0 Å². The van der Waals surface area contributed by atoms with Crippen LogP contribution in [-0.4, -0.2) is 34.4 Å². The van der Waals surface area contributed by atoms with Crippen LogP contribution in [0.25, 0.3) is 0 Å². The number of hydrogen-bond donors (Lipinski definition) is 2. The average Bonchev–Trinajstić information content (AvgIpc) is 2.50. The van der Waals surface area contributed by atoms with Gasteiger partial charge in [0.1, 0.15) is 0 Å². The molecule has 0 spiro atoms. The summed E-state index contributed by atoms with van der Waals surface area (Å²) in [7, 11) is 0. The first-order valence-corrected chi connectivity index (χ1v) is 7.40. The van der Waals surface area contributed by atoms with Crippen LogP contribution < -0.4 is 5.73 Å². The number of nitrogens with zero attached hydrogens (tertiary/aromatic N) is 2. The van der Waals surface area contributed by atoms with Gasteiger partial charge in [-0.1, -0.05) is 37.1 Å². The second-order valence-electron chi connectivity index (χ2n) is 5.37. The summed E-state index contributed by atoms with van der Waals surface area (Å²) in [6.07, 6.45) is 3.24. The second-order valence-corrected chi connectivity index (χ2v) is 5.37. The summed E-state index contributed by atoms with van der Waals surface area (Å²) in [6.45, 7) is 6.91. The van der Waals surface area contributed by atoms with E-state index in [1.54, 1.807) is 24.3 Å². The van der Waals surface area contributed by atoms with Crippen LogP contribution in [0, 0.1) is 0 Å². The molecule has 0 radical (unpaired) electrons. The number of carbonyl (C=O) groups excluding carboxylic acids is 1. The molecule has 116 valence electrons. The van der Waals surface area contributed by atoms with Gasteiger partial charge >= 0.3 is 0 Å². The van der Waals surface area contributed by atoms with Crippen LogP contribution in [-0.2, 0) is 0 Å². The number of oxime groups is 1. The molecule has 0 unspecified atom stereocenters. The Bertz CT molecular complexity index is 498. The third kappa shape index (κ3) is 4.77. The van der Waals surface area contributed by atoms with E-state index in [-0.39, 0.29) is 17.8 Å². The molecule has 0 aliphatic carbocycles. The molecule has 0 bridgehead atoms. The predicted molar refractivity (Wildman–Crippen MR) is 84.7 cm³/mol. The lowest BCUT2D eigenvalue weighted by Gasteiger charge is -2.27. The van der Waals surface area contributed by atoms with Crippen LogP contribution >= 0.6 is 0 Å². The van der Waals surface area contributed by atoms with Crippen molar-refractivity contribution in [1.29, 1.82) is 0 Å². The number of amidine groups is 1. The molecule has 1 amide bonds. The highest BCUT2D eigenvalue weighted by Gasteiger charge is 2.18. The second kappa shape index (κ2) is 8.29. The Hall–Kier alpha value is -2.04. The van der Waals surface area contributed by atoms with E-state index in [2.05, 4.69) is 12.1 Å². The molecule has 0 aliphatic rings. The van der Waals surface area contributed by atoms with Gasteiger partial charge in [0.25, 0.3) is 5.91 Å². The van der Waals surface area contributed by atoms with E-state index in [9.17, 15) is 4.79 Å². The quantitative estimate of drug-likeness (QED) is 0.266. The lowest BCUT2D eigenvalue weighted by Crippen LogP contribution is -2.37. The van der Waals surface area contributed by atoms with E-state index in [0.717, 1.165) is 25.8 Å². The largest absolute Gasteiger partial charge is 0.409 e. The molecular formula is C16H25N3O2. The van der Waals surface area contributed by atoms with Gasteiger partial charge in [0, 0.05) is 23.7 Å². The highest BCUT2D eigenvalue weighted by atomic mass is 16.4. The summed E-state index contributed by atoms with van der Waals surface area (Å²) in [6, 6.07) is 7.01. The Kier molecular flexibility index (Phi) is 6.72. The van der Waals surface area contributed by atoms with Gasteiger partial charge in [0.2, 0.25) is 0 Å². The van der Waals surface area contributed by atoms with Gasteiger partial charge in [-0.15, -0.1) is 0 Å². The first-order chi connectivity index (χ1) is 10.0. The third-order valence-electron chi connectivity index (χ3n) is 3.40. The minimum Gasteiger partial charge on any atom is -0.409 e. The van der Waals surface area contributed by atoms with Crippen molar-refractivity contribution in [3.63, 3.8) is 0 Å². The van der Waals surface area contributed by atoms with Crippen LogP contribution in [0.15, 0.2) is 29.4 Å². The first kappa shape index (κ1) is 17.0. The molecule has 5 heteroatoms. The average molecular weight is 291 g/mol. The van der Waals surface area contributed by atoms with Crippen molar-refractivity contribution < 1.29 is 10.0 Å². The molecule has 1 rings (SSSR count). The minimum atomic E-state index is -0.0197. The number of amides is 1. The van der Waals surface area contributed by atoms with Crippen molar-refractivity contribution >= 4 is 11.7 Å². The van der Waals surface area contributed by atoms with E-state index in [1.807, 2.05) is 18.7 Å². The van der Waals surface area contributed by atoms with Crippen LogP contribution in [0.2, 0.25) is 0 Å². The molecule has 5 nitrogen and oxygen atoms in total. The van der Waals surface area contributed by atoms with Crippen LogP contribution in [0.4, 0.5) is 0 Å². The zero-order valence-corrected chi connectivity index (χ0v) is 13.0. The van der Waals surface area contributed by atoms with Crippen molar-refractivity contribution in [2.24, 2.45) is 10.9 Å². The fourth-order valence-corrected chi connectivity index (χ4v) is 2.16. The molecule has 3 N–H and O–H groups in total. The Morgan fingerprint density at radius 1 is 1.33 bits per heavy atom. The summed E-state index contributed by atoms with van der Waals surface area (Å²) >= 11 is 0. The van der Waals surface area contributed by atoms with E-state index >= 15 is 0 Å². The minimum absolute atomic E-state index is 0.00623. The van der Waals surface area contributed by atoms with Crippen LogP contribution in [0.5, 0.6) is 0 Å². The maximum Gasteiger partial charge on any atom is 0.254 e. The number of carbonyl (C=O) groups is 1. The SMILES string of the molecule is CCCCCN(C(=O)c1cccc(C(N)=NO)c1)C(C)C. The highest BCUT2D eigenvalue weighted by molar-refractivity contribution is 6.01. The summed E-state index contributed by atoms with van der Waals surface area (Å²) in [5, 5.41) is 11.7. The van der Waals surface area contributed by atoms with Gasteiger partial charge in [-0.05, 0) is 32.4 Å². The number of benzene rings is 1. The predicted octanol–water partition coefficient (Wildman–Crippen LogP) is 2.82. The van der Waals surface area contributed by atoms with Gasteiger partial charge in [0.05, 0.1) is 0 Å². The molecular weight excluding hydrogens is 266 g/mol. The Balaban J connectivity index is 2.93. The molecule has 0 aromatic heterocycles. The Labute approximate surface area is 126 Å². The summed E-state index contributed by atoms with van der Waals surface area (Å²) < 4.78 is 0. The van der Waals surface area contributed by atoms with E-state index in [0.29, 0.717) is 11.1 Å². The maximum absolute atomic E-state index is 12.6. The van der Waals surface area contributed by atoms with E-state index in [4.69, 9.17) is 10.9 Å². The molecule has 0 heterocycles. The summed E-state index contributed by atoms with van der Waals surface area (Å²) in [5.74, 6) is -0.0135. The van der Waals surface area contributed by atoms with Crippen molar-refractivity contribution in [2.45, 2.75) is 46.1 Å². The Morgan fingerprint density at radius 2 is 2.00 bits per heavy atom. The van der Waals surface area contributed by atoms with Crippen molar-refractivity contribution in [1.82, 2.24) is 4.90 Å². The normalized spacial score (nSPS) is 11.7. The van der Waals surface area contributed by atoms with Gasteiger partial charge < -0.3 is 15.8 Å². The molecule has 0 saturated carbocycles. The van der Waals surface area contributed by atoms with Gasteiger partial charge in [-0.2, -0.15) is 0 Å². The lowest BCUT2D eigenvalue weighted by atomic mass is 10.1. The molecule has 0 atom stereocenters. The lowest BCUT2D eigenvalue weighted by molar-refractivity contribution is 0.0702. The molecule has 1 aromatic carbocycles. The first-order valence-electron chi connectivity index (χ1n) is 7.40. The monoisotopic (exact) mass is 291 g/mol. The fraction of sp³-hybridized carbons (Fsp3) is 0.500. The molecule has 1 aromatic rings. The van der Waals surface area contributed by atoms with Gasteiger partial charge in [0.15, 0.2) is 5.84 Å². The standard InChI is InChI=1S/C16H25N3O2/c1-4-5-6-10-19(12(2)3)16(20)14-9-7-8-13(11-14)15(17)18-21/h7-9,11-12,21H,4-6,10H2,1-3H3,(H2,17,18). The van der Waals surface area contributed by atoms with Crippen LogP contribution in [0.3, 0.4) is 0 Å². The molecule has 0 fully saturated rings. The van der Waals surface area contributed by atoms with Crippen molar-refractivity contribution in [3.8, 4) is 0 Å².